The van der Waals surface area contributed by atoms with Crippen molar-refractivity contribution < 1.29 is 9.59 Å². The monoisotopic (exact) mass is 365 g/mol. The number of hydrogen-bond acceptors (Lipinski definition) is 3. The van der Waals surface area contributed by atoms with E-state index in [4.69, 9.17) is 0 Å². The fourth-order valence-electron chi connectivity index (χ4n) is 3.64. The summed E-state index contributed by atoms with van der Waals surface area (Å²) in [5.41, 5.74) is 1.92. The average molecular weight is 365 g/mol. The Hall–Kier alpha value is -2.66. The third-order valence-corrected chi connectivity index (χ3v) is 5.10. The van der Waals surface area contributed by atoms with Gasteiger partial charge in [0.2, 0.25) is 0 Å². The van der Waals surface area contributed by atoms with Crippen molar-refractivity contribution in [2.75, 3.05) is 38.6 Å². The Morgan fingerprint density at radius 2 is 1.85 bits per heavy atom. The topological polar surface area (TPSA) is 52.7 Å². The molecular weight excluding hydrogens is 338 g/mol. The van der Waals surface area contributed by atoms with Crippen LogP contribution in [0, 0.1) is 5.92 Å². The molecule has 1 unspecified atom stereocenters. The fourth-order valence-corrected chi connectivity index (χ4v) is 3.64. The first-order valence-electron chi connectivity index (χ1n) is 9.47. The number of para-hydroxylation sites is 1. The second kappa shape index (κ2) is 8.82. The molecule has 27 heavy (non-hydrogen) atoms. The van der Waals surface area contributed by atoms with E-state index in [0.29, 0.717) is 17.0 Å². The minimum absolute atomic E-state index is 0.00724. The number of amides is 2. The van der Waals surface area contributed by atoms with Crippen molar-refractivity contribution in [1.82, 2.24) is 10.2 Å². The predicted molar refractivity (Wildman–Crippen MR) is 108 cm³/mol. The molecule has 0 spiro atoms. The number of nitrogens with zero attached hydrogens (tertiary/aromatic N) is 2. The predicted octanol–water partition coefficient (Wildman–Crippen LogP) is 3.03. The molecule has 1 saturated heterocycles. The van der Waals surface area contributed by atoms with Gasteiger partial charge in [-0.1, -0.05) is 24.3 Å². The molecule has 0 aliphatic carbocycles. The lowest BCUT2D eigenvalue weighted by molar-refractivity contribution is 0.0674. The van der Waals surface area contributed by atoms with Crippen LogP contribution in [0.1, 0.15) is 33.6 Å². The Balaban J connectivity index is 1.75. The van der Waals surface area contributed by atoms with Crippen LogP contribution in [-0.2, 0) is 0 Å². The molecular formula is C22H27N3O2. The normalized spacial score (nSPS) is 16.8. The van der Waals surface area contributed by atoms with Crippen LogP contribution in [0.25, 0.3) is 0 Å². The zero-order chi connectivity index (χ0) is 19.2. The van der Waals surface area contributed by atoms with Crippen molar-refractivity contribution in [3.63, 3.8) is 0 Å². The zero-order valence-corrected chi connectivity index (χ0v) is 16.0. The molecule has 0 aromatic heterocycles. The van der Waals surface area contributed by atoms with Crippen molar-refractivity contribution in [3.05, 3.63) is 65.7 Å². The van der Waals surface area contributed by atoms with E-state index in [-0.39, 0.29) is 11.8 Å². The summed E-state index contributed by atoms with van der Waals surface area (Å²) in [7, 11) is 3.69. The highest BCUT2D eigenvalue weighted by Gasteiger charge is 2.25. The van der Waals surface area contributed by atoms with Crippen LogP contribution < -0.4 is 10.2 Å². The lowest BCUT2D eigenvalue weighted by atomic mass is 9.97. The highest BCUT2D eigenvalue weighted by molar-refractivity contribution is 6.07. The van der Waals surface area contributed by atoms with Gasteiger partial charge in [-0.05, 0) is 62.7 Å². The average Bonchev–Trinajstić information content (AvgIpc) is 2.73. The van der Waals surface area contributed by atoms with Gasteiger partial charge in [-0.2, -0.15) is 0 Å². The SMILES string of the molecule is CNCC1CCCN(C(=O)c2cccc(C(=O)N(C)c3ccccc3)c2)C1. The summed E-state index contributed by atoms with van der Waals surface area (Å²) in [6, 6.07) is 16.6. The van der Waals surface area contributed by atoms with Crippen LogP contribution in [-0.4, -0.2) is 50.4 Å². The van der Waals surface area contributed by atoms with Crippen LogP contribution in [0.2, 0.25) is 0 Å². The summed E-state index contributed by atoms with van der Waals surface area (Å²) in [4.78, 5) is 29.3. The van der Waals surface area contributed by atoms with Gasteiger partial charge >= 0.3 is 0 Å². The lowest BCUT2D eigenvalue weighted by Crippen LogP contribution is -2.42. The van der Waals surface area contributed by atoms with Gasteiger partial charge in [0.05, 0.1) is 0 Å². The highest BCUT2D eigenvalue weighted by atomic mass is 16.2. The van der Waals surface area contributed by atoms with E-state index in [2.05, 4.69) is 5.32 Å². The van der Waals surface area contributed by atoms with E-state index in [0.717, 1.165) is 38.2 Å². The molecule has 1 aliphatic rings. The van der Waals surface area contributed by atoms with Crippen LogP contribution in [0.4, 0.5) is 5.69 Å². The van der Waals surface area contributed by atoms with E-state index < -0.39 is 0 Å². The van der Waals surface area contributed by atoms with Gasteiger partial charge < -0.3 is 15.1 Å². The molecule has 1 heterocycles. The number of hydrogen-bond donors (Lipinski definition) is 1. The first-order chi connectivity index (χ1) is 13.1. The minimum Gasteiger partial charge on any atom is -0.338 e. The maximum atomic E-state index is 12.9. The Bertz CT molecular complexity index is 789. The molecule has 142 valence electrons. The smallest absolute Gasteiger partial charge is 0.258 e. The number of piperidine rings is 1. The van der Waals surface area contributed by atoms with E-state index in [1.54, 1.807) is 36.2 Å². The molecule has 5 heteroatoms. The van der Waals surface area contributed by atoms with Crippen molar-refractivity contribution in [1.29, 1.82) is 0 Å². The van der Waals surface area contributed by atoms with Gasteiger partial charge in [-0.25, -0.2) is 0 Å². The summed E-state index contributed by atoms with van der Waals surface area (Å²) in [5, 5.41) is 3.20. The summed E-state index contributed by atoms with van der Waals surface area (Å²) in [6.45, 7) is 2.47. The molecule has 2 aromatic carbocycles. The number of rotatable bonds is 5. The molecule has 5 nitrogen and oxygen atoms in total. The quantitative estimate of drug-likeness (QED) is 0.886. The van der Waals surface area contributed by atoms with Gasteiger partial charge in [0.15, 0.2) is 0 Å². The third kappa shape index (κ3) is 4.55. The van der Waals surface area contributed by atoms with Crippen LogP contribution in [0.3, 0.4) is 0 Å². The molecule has 0 bridgehead atoms. The summed E-state index contributed by atoms with van der Waals surface area (Å²) >= 11 is 0. The number of benzene rings is 2. The Morgan fingerprint density at radius 3 is 2.59 bits per heavy atom. The molecule has 1 aliphatic heterocycles. The van der Waals surface area contributed by atoms with E-state index in [1.807, 2.05) is 42.3 Å². The summed E-state index contributed by atoms with van der Waals surface area (Å²) in [5.74, 6) is 0.372. The van der Waals surface area contributed by atoms with Gasteiger partial charge in [0.25, 0.3) is 11.8 Å². The zero-order valence-electron chi connectivity index (χ0n) is 16.0. The Morgan fingerprint density at radius 1 is 1.11 bits per heavy atom. The van der Waals surface area contributed by atoms with Crippen LogP contribution in [0.15, 0.2) is 54.6 Å². The Kier molecular flexibility index (Phi) is 6.24. The van der Waals surface area contributed by atoms with Crippen molar-refractivity contribution in [3.8, 4) is 0 Å². The minimum atomic E-state index is -0.123. The van der Waals surface area contributed by atoms with Gasteiger partial charge in [-0.3, -0.25) is 9.59 Å². The molecule has 0 saturated carbocycles. The van der Waals surface area contributed by atoms with Crippen molar-refractivity contribution >= 4 is 17.5 Å². The van der Waals surface area contributed by atoms with Gasteiger partial charge in [0, 0.05) is 37.0 Å². The van der Waals surface area contributed by atoms with Crippen molar-refractivity contribution in [2.24, 2.45) is 5.92 Å². The second-order valence-electron chi connectivity index (χ2n) is 7.10. The number of anilines is 1. The van der Waals surface area contributed by atoms with Crippen LogP contribution >= 0.6 is 0 Å². The van der Waals surface area contributed by atoms with E-state index in [1.165, 1.54) is 0 Å². The Labute approximate surface area is 161 Å². The second-order valence-corrected chi connectivity index (χ2v) is 7.10. The van der Waals surface area contributed by atoms with Crippen LogP contribution in [0.5, 0.6) is 0 Å². The number of carbonyl (C=O) groups excluding carboxylic acids is 2. The number of nitrogens with one attached hydrogen (secondary N) is 1. The molecule has 2 aromatic rings. The van der Waals surface area contributed by atoms with E-state index in [9.17, 15) is 9.59 Å². The van der Waals surface area contributed by atoms with E-state index >= 15 is 0 Å². The summed E-state index contributed by atoms with van der Waals surface area (Å²) in [6.07, 6.45) is 2.17. The van der Waals surface area contributed by atoms with Gasteiger partial charge in [-0.15, -0.1) is 0 Å². The highest BCUT2D eigenvalue weighted by Crippen LogP contribution is 2.20. The first-order valence-corrected chi connectivity index (χ1v) is 9.47. The van der Waals surface area contributed by atoms with Gasteiger partial charge in [0.1, 0.15) is 0 Å². The summed E-state index contributed by atoms with van der Waals surface area (Å²) < 4.78 is 0. The molecule has 1 atom stereocenters. The fraction of sp³-hybridized carbons (Fsp3) is 0.364. The van der Waals surface area contributed by atoms with Crippen molar-refractivity contribution in [2.45, 2.75) is 12.8 Å². The third-order valence-electron chi connectivity index (χ3n) is 5.10. The maximum Gasteiger partial charge on any atom is 0.258 e. The number of likely N-dealkylation sites (tertiary alicyclic amines) is 1. The molecule has 3 rings (SSSR count). The largest absolute Gasteiger partial charge is 0.338 e. The molecule has 0 radical (unpaired) electrons. The maximum absolute atomic E-state index is 12.9. The lowest BCUT2D eigenvalue weighted by Gasteiger charge is -2.33. The number of carbonyl (C=O) groups is 2. The molecule has 1 fully saturated rings. The first kappa shape index (κ1) is 19.1. The molecule has 1 N–H and O–H groups in total. The molecule has 2 amide bonds. The standard InChI is InChI=1S/C22H27N3O2/c1-23-15-17-8-7-13-25(16-17)22(27)19-10-6-9-18(14-19)21(26)24(2)20-11-4-3-5-12-20/h3-6,9-12,14,17,23H,7-8,13,15-16H2,1-2H3.